The molecule has 0 aliphatic carbocycles. The minimum Gasteiger partial charge on any atom is -0.349 e. The van der Waals surface area contributed by atoms with E-state index in [0.717, 1.165) is 23.2 Å². The van der Waals surface area contributed by atoms with E-state index in [4.69, 9.17) is 0 Å². The van der Waals surface area contributed by atoms with Crippen molar-refractivity contribution >= 4 is 9.84 Å². The molecule has 140 valence electrons. The van der Waals surface area contributed by atoms with Crippen molar-refractivity contribution < 1.29 is 12.8 Å². The molecule has 0 saturated heterocycles. The Labute approximate surface area is 156 Å². The van der Waals surface area contributed by atoms with Crippen LogP contribution in [-0.2, 0) is 28.7 Å². The number of allylic oxidation sites excluding steroid dienone is 1. The van der Waals surface area contributed by atoms with Crippen LogP contribution in [0.3, 0.4) is 0 Å². The first kappa shape index (κ1) is 17.7. The van der Waals surface area contributed by atoms with Gasteiger partial charge < -0.3 is 4.57 Å². The molecule has 3 aromatic rings. The van der Waals surface area contributed by atoms with Gasteiger partial charge in [0.2, 0.25) is 0 Å². The number of aryl methyl sites for hydroxylation is 2. The molecule has 1 aromatic carbocycles. The number of rotatable bonds is 5. The highest BCUT2D eigenvalue weighted by Crippen LogP contribution is 2.27. The molecule has 3 heterocycles. The maximum Gasteiger partial charge on any atom is 0.181 e. The average molecular weight is 386 g/mol. The Morgan fingerprint density at radius 1 is 1.22 bits per heavy atom. The Morgan fingerprint density at radius 2 is 2.00 bits per heavy atom. The molecule has 1 aliphatic rings. The van der Waals surface area contributed by atoms with Crippen molar-refractivity contribution in [3.05, 3.63) is 60.7 Å². The summed E-state index contributed by atoms with van der Waals surface area (Å²) in [7, 11) is -3.04. The highest BCUT2D eigenvalue weighted by atomic mass is 32.2. The van der Waals surface area contributed by atoms with Gasteiger partial charge in [-0.05, 0) is 36.8 Å². The van der Waals surface area contributed by atoms with Crippen LogP contribution in [0, 0.1) is 5.82 Å². The van der Waals surface area contributed by atoms with Gasteiger partial charge in [-0.2, -0.15) is 5.10 Å². The Bertz CT molecular complexity index is 1100. The zero-order chi connectivity index (χ0) is 19.0. The van der Waals surface area contributed by atoms with E-state index in [1.54, 1.807) is 22.9 Å². The minimum atomic E-state index is -3.04. The number of sulfone groups is 1. The fourth-order valence-electron chi connectivity index (χ4n) is 3.19. The Kier molecular flexibility index (Phi) is 4.43. The van der Waals surface area contributed by atoms with Crippen molar-refractivity contribution in [3.63, 3.8) is 0 Å². The molecule has 0 N–H and O–H groups in total. The van der Waals surface area contributed by atoms with Gasteiger partial charge in [0.1, 0.15) is 5.82 Å². The molecule has 4 rings (SSSR count). The van der Waals surface area contributed by atoms with Gasteiger partial charge in [-0.15, -0.1) is 6.58 Å². The van der Waals surface area contributed by atoms with Crippen LogP contribution in [0.4, 0.5) is 4.39 Å². The van der Waals surface area contributed by atoms with Gasteiger partial charge in [0.15, 0.2) is 21.5 Å². The predicted molar refractivity (Wildman–Crippen MR) is 101 cm³/mol. The van der Waals surface area contributed by atoms with Crippen molar-refractivity contribution in [1.82, 2.24) is 19.3 Å². The van der Waals surface area contributed by atoms with Crippen LogP contribution in [0.2, 0.25) is 0 Å². The number of fused-ring (bicyclic) bond motifs is 1. The number of hydrogen-bond acceptors (Lipinski definition) is 4. The van der Waals surface area contributed by atoms with E-state index in [1.807, 2.05) is 16.8 Å². The highest BCUT2D eigenvalue weighted by molar-refractivity contribution is 7.90. The van der Waals surface area contributed by atoms with Crippen LogP contribution in [0.25, 0.3) is 22.8 Å². The second kappa shape index (κ2) is 6.77. The van der Waals surface area contributed by atoms with Gasteiger partial charge in [0, 0.05) is 36.1 Å². The van der Waals surface area contributed by atoms with Crippen molar-refractivity contribution in [2.75, 3.05) is 5.75 Å². The molecular weight excluding hydrogens is 367 g/mol. The zero-order valence-corrected chi connectivity index (χ0v) is 15.5. The molecule has 0 fully saturated rings. The summed E-state index contributed by atoms with van der Waals surface area (Å²) in [6.45, 7) is 4.80. The zero-order valence-electron chi connectivity index (χ0n) is 14.7. The normalized spacial score (nSPS) is 15.4. The summed E-state index contributed by atoms with van der Waals surface area (Å²) in [4.78, 5) is 4.65. The average Bonchev–Trinajstić information content (AvgIpc) is 3.23. The lowest BCUT2D eigenvalue weighted by Crippen LogP contribution is -2.22. The summed E-state index contributed by atoms with van der Waals surface area (Å²) in [6.07, 6.45) is 4.45. The molecule has 0 radical (unpaired) electrons. The SMILES string of the molecule is C=CCCn1nc(-c2ccc(F)cc2)nc1-c1cc2n(c1)CCS(=O)(=O)C2. The van der Waals surface area contributed by atoms with Gasteiger partial charge in [-0.25, -0.2) is 22.5 Å². The number of nitrogens with zero attached hydrogens (tertiary/aromatic N) is 4. The molecule has 2 aromatic heterocycles. The Morgan fingerprint density at radius 3 is 2.74 bits per heavy atom. The van der Waals surface area contributed by atoms with E-state index in [9.17, 15) is 12.8 Å². The standard InChI is InChI=1S/C19H19FN4O2S/c1-2-3-8-24-19(21-18(22-24)14-4-6-16(20)7-5-14)15-11-17-13-27(25,26)10-9-23(17)12-15/h2,4-7,11-12H,1,3,8-10,13H2. The highest BCUT2D eigenvalue weighted by Gasteiger charge is 2.24. The summed E-state index contributed by atoms with van der Waals surface area (Å²) < 4.78 is 40.7. The summed E-state index contributed by atoms with van der Waals surface area (Å²) in [5, 5.41) is 4.57. The van der Waals surface area contributed by atoms with Gasteiger partial charge in [0.05, 0.1) is 11.5 Å². The van der Waals surface area contributed by atoms with Crippen molar-refractivity contribution in [2.24, 2.45) is 0 Å². The number of hydrogen-bond donors (Lipinski definition) is 0. The predicted octanol–water partition coefficient (Wildman–Crippen LogP) is 3.06. The quantitative estimate of drug-likeness (QED) is 0.632. The monoisotopic (exact) mass is 386 g/mol. The molecule has 0 unspecified atom stereocenters. The van der Waals surface area contributed by atoms with Gasteiger partial charge in [0.25, 0.3) is 0 Å². The summed E-state index contributed by atoms with van der Waals surface area (Å²) in [6, 6.07) is 7.90. The van der Waals surface area contributed by atoms with Crippen LogP contribution in [0.5, 0.6) is 0 Å². The lowest BCUT2D eigenvalue weighted by Gasteiger charge is -2.14. The van der Waals surface area contributed by atoms with Gasteiger partial charge in [-0.1, -0.05) is 6.08 Å². The second-order valence-corrected chi connectivity index (χ2v) is 8.76. The maximum atomic E-state index is 13.2. The summed E-state index contributed by atoms with van der Waals surface area (Å²) >= 11 is 0. The fraction of sp³-hybridized carbons (Fsp3) is 0.263. The topological polar surface area (TPSA) is 69.8 Å². The van der Waals surface area contributed by atoms with Gasteiger partial charge in [-0.3, -0.25) is 0 Å². The van der Waals surface area contributed by atoms with E-state index in [0.29, 0.717) is 24.7 Å². The summed E-state index contributed by atoms with van der Waals surface area (Å²) in [5.41, 5.74) is 2.31. The first-order valence-corrected chi connectivity index (χ1v) is 10.5. The summed E-state index contributed by atoms with van der Waals surface area (Å²) in [5.74, 6) is 1.05. The van der Waals surface area contributed by atoms with E-state index in [1.165, 1.54) is 12.1 Å². The first-order valence-electron chi connectivity index (χ1n) is 8.67. The van der Waals surface area contributed by atoms with Crippen LogP contribution in [0.15, 0.2) is 49.2 Å². The van der Waals surface area contributed by atoms with Crippen LogP contribution >= 0.6 is 0 Å². The van der Waals surface area contributed by atoms with Crippen molar-refractivity contribution in [3.8, 4) is 22.8 Å². The molecule has 0 spiro atoms. The largest absolute Gasteiger partial charge is 0.349 e. The third kappa shape index (κ3) is 3.57. The number of halogens is 1. The van der Waals surface area contributed by atoms with Crippen LogP contribution in [0.1, 0.15) is 12.1 Å². The molecule has 1 aliphatic heterocycles. The molecule has 27 heavy (non-hydrogen) atoms. The Balaban J connectivity index is 1.76. The molecular formula is C19H19FN4O2S. The Hall–Kier alpha value is -2.74. The minimum absolute atomic E-state index is 0.0403. The molecule has 0 amide bonds. The number of aromatic nitrogens is 4. The van der Waals surface area contributed by atoms with Crippen LogP contribution in [-0.4, -0.2) is 33.5 Å². The second-order valence-electron chi connectivity index (χ2n) is 6.57. The lowest BCUT2D eigenvalue weighted by molar-refractivity contribution is 0.574. The van der Waals surface area contributed by atoms with Crippen LogP contribution < -0.4 is 0 Å². The van der Waals surface area contributed by atoms with Crippen molar-refractivity contribution in [1.29, 1.82) is 0 Å². The molecule has 0 atom stereocenters. The first-order chi connectivity index (χ1) is 12.9. The fourth-order valence-corrected chi connectivity index (χ4v) is 4.51. The van der Waals surface area contributed by atoms with Gasteiger partial charge >= 0.3 is 0 Å². The third-order valence-electron chi connectivity index (χ3n) is 4.57. The molecule has 0 saturated carbocycles. The molecule has 8 heteroatoms. The number of benzene rings is 1. The van der Waals surface area contributed by atoms with E-state index in [-0.39, 0.29) is 17.3 Å². The van der Waals surface area contributed by atoms with Crippen molar-refractivity contribution in [2.45, 2.75) is 25.3 Å². The smallest absolute Gasteiger partial charge is 0.181 e. The lowest BCUT2D eigenvalue weighted by atomic mass is 10.2. The van der Waals surface area contributed by atoms with E-state index < -0.39 is 9.84 Å². The molecule has 6 nitrogen and oxygen atoms in total. The van der Waals surface area contributed by atoms with E-state index >= 15 is 0 Å². The van der Waals surface area contributed by atoms with E-state index in [2.05, 4.69) is 16.7 Å². The third-order valence-corrected chi connectivity index (χ3v) is 6.11. The maximum absolute atomic E-state index is 13.2. The molecule has 0 bridgehead atoms.